The van der Waals surface area contributed by atoms with Crippen molar-refractivity contribution in [3.63, 3.8) is 0 Å². The molecule has 0 bridgehead atoms. The highest BCUT2D eigenvalue weighted by Gasteiger charge is 2.51. The summed E-state index contributed by atoms with van der Waals surface area (Å²) < 4.78 is 26.7. The van der Waals surface area contributed by atoms with E-state index in [2.05, 4.69) is 11.6 Å². The maximum Gasteiger partial charge on any atom is 0.314 e. The molecular formula is C15H21NO4S. The summed E-state index contributed by atoms with van der Waals surface area (Å²) in [7, 11) is -3.50. The monoisotopic (exact) mass is 311 g/mol. The molecule has 2 rings (SSSR count). The second-order valence-electron chi connectivity index (χ2n) is 5.52. The molecule has 1 aliphatic carbocycles. The van der Waals surface area contributed by atoms with E-state index in [0.717, 1.165) is 19.3 Å². The molecule has 1 aliphatic rings. The van der Waals surface area contributed by atoms with Gasteiger partial charge in [-0.05, 0) is 37.0 Å². The first-order valence-electron chi connectivity index (χ1n) is 7.26. The van der Waals surface area contributed by atoms with Gasteiger partial charge in [0.15, 0.2) is 0 Å². The minimum absolute atomic E-state index is 0.184. The van der Waals surface area contributed by atoms with Gasteiger partial charge in [-0.15, -0.1) is 0 Å². The third-order valence-corrected chi connectivity index (χ3v) is 5.43. The molecule has 0 heterocycles. The number of nitrogens with one attached hydrogen (secondary N) is 1. The first-order chi connectivity index (χ1) is 9.92. The molecule has 0 saturated heterocycles. The second kappa shape index (κ2) is 6.15. The molecule has 0 radical (unpaired) electrons. The second-order valence-corrected chi connectivity index (χ2v) is 7.28. The molecule has 0 unspecified atom stereocenters. The van der Waals surface area contributed by atoms with E-state index in [1.54, 1.807) is 12.1 Å². The Kier molecular flexibility index (Phi) is 4.68. The Balaban J connectivity index is 2.06. The molecule has 2 N–H and O–H groups in total. The van der Waals surface area contributed by atoms with Crippen LogP contribution in [0.5, 0.6) is 0 Å². The van der Waals surface area contributed by atoms with Crippen molar-refractivity contribution in [2.24, 2.45) is 0 Å². The topological polar surface area (TPSA) is 83.5 Å². The molecule has 1 fully saturated rings. The van der Waals surface area contributed by atoms with Crippen LogP contribution in [0.1, 0.15) is 44.6 Å². The van der Waals surface area contributed by atoms with Crippen molar-refractivity contribution in [2.75, 3.05) is 6.54 Å². The first-order valence-corrected chi connectivity index (χ1v) is 8.74. The summed E-state index contributed by atoms with van der Waals surface area (Å²) in [5.41, 5.74) is -0.114. The van der Waals surface area contributed by atoms with Crippen molar-refractivity contribution in [3.05, 3.63) is 29.8 Å². The molecule has 0 spiro atoms. The van der Waals surface area contributed by atoms with Crippen LogP contribution < -0.4 is 4.72 Å². The molecule has 1 aromatic rings. The van der Waals surface area contributed by atoms with Gasteiger partial charge in [-0.2, -0.15) is 0 Å². The van der Waals surface area contributed by atoms with E-state index in [-0.39, 0.29) is 4.90 Å². The summed E-state index contributed by atoms with van der Waals surface area (Å²) in [6.07, 6.45) is 4.07. The summed E-state index contributed by atoms with van der Waals surface area (Å²) in [6, 6.07) is 6.20. The lowest BCUT2D eigenvalue weighted by atomic mass is 9.96. The van der Waals surface area contributed by atoms with Gasteiger partial charge in [-0.3, -0.25) is 4.79 Å². The highest BCUT2D eigenvalue weighted by molar-refractivity contribution is 7.89. The van der Waals surface area contributed by atoms with Gasteiger partial charge in [-0.1, -0.05) is 31.9 Å². The minimum atomic E-state index is -3.50. The molecular weight excluding hydrogens is 290 g/mol. The molecule has 0 aliphatic heterocycles. The van der Waals surface area contributed by atoms with E-state index in [1.165, 1.54) is 12.1 Å². The van der Waals surface area contributed by atoms with Crippen LogP contribution in [0, 0.1) is 0 Å². The number of carbonyl (C=O) groups is 1. The Morgan fingerprint density at radius 1 is 1.24 bits per heavy atom. The largest absolute Gasteiger partial charge is 0.481 e. The predicted molar refractivity (Wildman–Crippen MR) is 79.7 cm³/mol. The molecule has 1 aromatic carbocycles. The third-order valence-electron chi connectivity index (χ3n) is 3.95. The van der Waals surface area contributed by atoms with E-state index in [0.29, 0.717) is 24.9 Å². The quantitative estimate of drug-likeness (QED) is 0.721. The van der Waals surface area contributed by atoms with Crippen molar-refractivity contribution >= 4 is 16.0 Å². The number of aliphatic carboxylic acids is 1. The molecule has 0 aromatic heterocycles. The number of hydrogen-bond acceptors (Lipinski definition) is 3. The fourth-order valence-corrected chi connectivity index (χ4v) is 3.44. The van der Waals surface area contributed by atoms with Gasteiger partial charge in [0.2, 0.25) is 10.0 Å². The van der Waals surface area contributed by atoms with E-state index < -0.39 is 21.4 Å². The van der Waals surface area contributed by atoms with Crippen LogP contribution in [0.15, 0.2) is 29.2 Å². The normalized spacial score (nSPS) is 16.6. The van der Waals surface area contributed by atoms with Crippen molar-refractivity contribution in [1.29, 1.82) is 0 Å². The smallest absolute Gasteiger partial charge is 0.314 e. The Morgan fingerprint density at radius 2 is 1.86 bits per heavy atom. The summed E-state index contributed by atoms with van der Waals surface area (Å²) in [4.78, 5) is 11.4. The molecule has 5 nitrogen and oxygen atoms in total. The van der Waals surface area contributed by atoms with E-state index in [1.807, 2.05) is 0 Å². The van der Waals surface area contributed by atoms with E-state index in [4.69, 9.17) is 0 Å². The summed E-state index contributed by atoms with van der Waals surface area (Å²) in [5.74, 6) is -0.837. The predicted octanol–water partition coefficient (Wildman–Crippen LogP) is 2.27. The van der Waals surface area contributed by atoms with Crippen LogP contribution in [0.3, 0.4) is 0 Å². The number of benzene rings is 1. The fraction of sp³-hybridized carbons (Fsp3) is 0.533. The van der Waals surface area contributed by atoms with Crippen LogP contribution in [0.4, 0.5) is 0 Å². The maximum absolute atomic E-state index is 12.1. The summed E-state index contributed by atoms with van der Waals surface area (Å²) >= 11 is 0. The third kappa shape index (κ3) is 3.44. The average Bonchev–Trinajstić information content (AvgIpc) is 3.25. The van der Waals surface area contributed by atoms with E-state index in [9.17, 15) is 18.3 Å². The number of carboxylic acid groups (broad SMARTS) is 1. The lowest BCUT2D eigenvalue weighted by Crippen LogP contribution is -2.25. The minimum Gasteiger partial charge on any atom is -0.481 e. The average molecular weight is 311 g/mol. The van der Waals surface area contributed by atoms with Crippen molar-refractivity contribution < 1.29 is 18.3 Å². The Morgan fingerprint density at radius 3 is 2.33 bits per heavy atom. The number of carboxylic acids is 1. The van der Waals surface area contributed by atoms with Gasteiger partial charge in [0.1, 0.15) is 0 Å². The van der Waals surface area contributed by atoms with Gasteiger partial charge in [0, 0.05) is 6.54 Å². The number of sulfonamides is 1. The summed E-state index contributed by atoms with van der Waals surface area (Å²) in [6.45, 7) is 2.49. The molecule has 1 saturated carbocycles. The zero-order valence-electron chi connectivity index (χ0n) is 12.1. The van der Waals surface area contributed by atoms with Crippen LogP contribution in [0.25, 0.3) is 0 Å². The zero-order chi connectivity index (χ0) is 15.5. The van der Waals surface area contributed by atoms with E-state index >= 15 is 0 Å². The zero-order valence-corrected chi connectivity index (χ0v) is 12.9. The number of hydrogen-bond donors (Lipinski definition) is 2. The standard InChI is InChI=1S/C15H21NO4S/c1-2-3-4-11-16-21(19,20)13-7-5-12(6-8-13)15(9-10-15)14(17)18/h5-8,16H,2-4,9-11H2,1H3,(H,17,18). The first kappa shape index (κ1) is 16.0. The Hall–Kier alpha value is -1.40. The highest BCUT2D eigenvalue weighted by Crippen LogP contribution is 2.48. The SMILES string of the molecule is CCCCCNS(=O)(=O)c1ccc(C2(C(=O)O)CC2)cc1. The van der Waals surface area contributed by atoms with Gasteiger partial charge in [0.25, 0.3) is 0 Å². The number of unbranched alkanes of at least 4 members (excludes halogenated alkanes) is 2. The van der Waals surface area contributed by atoms with Crippen molar-refractivity contribution in [1.82, 2.24) is 4.72 Å². The summed E-state index contributed by atoms with van der Waals surface area (Å²) in [5, 5.41) is 9.22. The fourth-order valence-electron chi connectivity index (χ4n) is 2.37. The van der Waals surface area contributed by atoms with Crippen molar-refractivity contribution in [3.8, 4) is 0 Å². The lowest BCUT2D eigenvalue weighted by molar-refractivity contribution is -0.140. The van der Waals surface area contributed by atoms with Gasteiger partial charge in [-0.25, -0.2) is 13.1 Å². The number of rotatable bonds is 8. The van der Waals surface area contributed by atoms with Gasteiger partial charge < -0.3 is 5.11 Å². The van der Waals surface area contributed by atoms with Crippen LogP contribution in [-0.4, -0.2) is 26.0 Å². The van der Waals surface area contributed by atoms with Crippen LogP contribution in [0.2, 0.25) is 0 Å². The molecule has 6 heteroatoms. The maximum atomic E-state index is 12.1. The molecule has 21 heavy (non-hydrogen) atoms. The molecule has 0 amide bonds. The van der Waals surface area contributed by atoms with Gasteiger partial charge >= 0.3 is 5.97 Å². The Labute approximate surface area is 125 Å². The van der Waals surface area contributed by atoms with Crippen LogP contribution in [-0.2, 0) is 20.2 Å². The van der Waals surface area contributed by atoms with Gasteiger partial charge in [0.05, 0.1) is 10.3 Å². The molecule has 116 valence electrons. The van der Waals surface area contributed by atoms with Crippen LogP contribution >= 0.6 is 0 Å². The highest BCUT2D eigenvalue weighted by atomic mass is 32.2. The van der Waals surface area contributed by atoms with Crippen molar-refractivity contribution in [2.45, 2.75) is 49.3 Å². The molecule has 0 atom stereocenters. The Bertz CT molecular complexity index is 603. The lowest BCUT2D eigenvalue weighted by Gasteiger charge is -2.11.